The van der Waals surface area contributed by atoms with Gasteiger partial charge in [0.05, 0.1) is 18.8 Å². The van der Waals surface area contributed by atoms with Crippen LogP contribution in [0.1, 0.15) is 45.1 Å². The Hall–Kier alpha value is -3.12. The van der Waals surface area contributed by atoms with Crippen LogP contribution in [0.25, 0.3) is 11.2 Å². The largest absolute Gasteiger partial charge is 0.378 e. The molecule has 2 atom stereocenters. The second-order valence-electron chi connectivity index (χ2n) is 9.86. The number of nitrogens with zero attached hydrogens (tertiary/aromatic N) is 4. The molecular formula is C24H27ClF3N7O2. The number of ether oxygens (including phenoxy) is 1. The number of imidazole rings is 1. The van der Waals surface area contributed by atoms with Crippen molar-refractivity contribution in [2.75, 3.05) is 23.8 Å². The van der Waals surface area contributed by atoms with Gasteiger partial charge in [-0.3, -0.25) is 9.36 Å². The maximum absolute atomic E-state index is 14.6. The van der Waals surface area contributed by atoms with Crippen LogP contribution >= 0.6 is 11.6 Å². The predicted octanol–water partition coefficient (Wildman–Crippen LogP) is 4.65. The standard InChI is InChI=1S/C24H27ClF3N7O2/c1-24(21(29)36)5-2-13(3-6-24)35-20-18(10-30-22(34-20)31-17-4-7-37-11-16(17)28)32-23(35)33-19-14(26)8-12(25)9-15(19)27/h8-10,13,16-17H,2-7,11H2,1H3,(H2,29,36)(H,32,33)(H,30,31,34)/t13-,16-,17-,24-/m1/s1. The molecule has 198 valence electrons. The molecule has 0 radical (unpaired) electrons. The van der Waals surface area contributed by atoms with Gasteiger partial charge in [0.15, 0.2) is 17.3 Å². The van der Waals surface area contributed by atoms with E-state index in [4.69, 9.17) is 22.1 Å². The van der Waals surface area contributed by atoms with Gasteiger partial charge in [0.1, 0.15) is 17.4 Å². The van der Waals surface area contributed by atoms with Gasteiger partial charge < -0.3 is 21.1 Å². The second-order valence-corrected chi connectivity index (χ2v) is 10.3. The number of aromatic nitrogens is 4. The maximum Gasteiger partial charge on any atom is 0.225 e. The summed E-state index contributed by atoms with van der Waals surface area (Å²) in [5.41, 5.74) is 5.36. The van der Waals surface area contributed by atoms with E-state index in [1.54, 1.807) is 4.57 Å². The van der Waals surface area contributed by atoms with Crippen LogP contribution in [-0.2, 0) is 9.53 Å². The summed E-state index contributed by atoms with van der Waals surface area (Å²) in [5, 5.41) is 5.72. The summed E-state index contributed by atoms with van der Waals surface area (Å²) in [7, 11) is 0. The lowest BCUT2D eigenvalue weighted by molar-refractivity contribution is -0.128. The molecule has 9 nitrogen and oxygen atoms in total. The number of amides is 1. The average Bonchev–Trinajstić information content (AvgIpc) is 3.20. The number of hydrogen-bond acceptors (Lipinski definition) is 7. The molecule has 0 bridgehead atoms. The Morgan fingerprint density at radius 1 is 1.22 bits per heavy atom. The Morgan fingerprint density at radius 3 is 2.57 bits per heavy atom. The minimum Gasteiger partial charge on any atom is -0.378 e. The maximum atomic E-state index is 14.6. The summed E-state index contributed by atoms with van der Waals surface area (Å²) in [6.45, 7) is 2.25. The van der Waals surface area contributed by atoms with Crippen LogP contribution in [0.4, 0.5) is 30.8 Å². The number of anilines is 3. The number of carbonyl (C=O) groups excluding carboxylic acids is 1. The van der Waals surface area contributed by atoms with Gasteiger partial charge in [0, 0.05) is 23.1 Å². The molecule has 1 aromatic carbocycles. The number of nitrogens with two attached hydrogens (primary N) is 1. The molecule has 2 aromatic heterocycles. The smallest absolute Gasteiger partial charge is 0.225 e. The minimum absolute atomic E-state index is 0.00909. The highest BCUT2D eigenvalue weighted by molar-refractivity contribution is 6.30. The lowest BCUT2D eigenvalue weighted by Crippen LogP contribution is -2.39. The molecule has 0 spiro atoms. The lowest BCUT2D eigenvalue weighted by atomic mass is 9.73. The Labute approximate surface area is 215 Å². The van der Waals surface area contributed by atoms with Crippen molar-refractivity contribution in [3.8, 4) is 0 Å². The van der Waals surface area contributed by atoms with E-state index in [1.165, 1.54) is 6.20 Å². The Bertz CT molecular complexity index is 1310. The van der Waals surface area contributed by atoms with E-state index < -0.39 is 35.0 Å². The van der Waals surface area contributed by atoms with E-state index in [1.807, 2.05) is 6.92 Å². The van der Waals surface area contributed by atoms with Crippen molar-refractivity contribution in [3.05, 3.63) is 35.0 Å². The Kier molecular flexibility index (Phi) is 6.88. The summed E-state index contributed by atoms with van der Waals surface area (Å²) in [4.78, 5) is 25.4. The van der Waals surface area contributed by atoms with Gasteiger partial charge in [-0.15, -0.1) is 0 Å². The number of halogens is 4. The average molecular weight is 538 g/mol. The summed E-state index contributed by atoms with van der Waals surface area (Å²) >= 11 is 5.78. The third kappa shape index (κ3) is 5.04. The zero-order chi connectivity index (χ0) is 26.3. The normalized spacial score (nSPS) is 26.2. The molecule has 0 unspecified atom stereocenters. The van der Waals surface area contributed by atoms with Crippen LogP contribution in [0.5, 0.6) is 0 Å². The summed E-state index contributed by atoms with van der Waals surface area (Å²) < 4.78 is 50.5. The van der Waals surface area contributed by atoms with Crippen LogP contribution in [0.15, 0.2) is 18.3 Å². The van der Waals surface area contributed by atoms with E-state index >= 15 is 0 Å². The fourth-order valence-electron chi connectivity index (χ4n) is 4.94. The van der Waals surface area contributed by atoms with E-state index in [9.17, 15) is 18.0 Å². The SMILES string of the molecule is C[C@]1(C(N)=O)CC[C@H](n2c(Nc3c(F)cc(Cl)cc3F)nc3cnc(N[C@@H]4CCOC[C@H]4F)nc32)CC1. The second kappa shape index (κ2) is 9.97. The van der Waals surface area contributed by atoms with Crippen molar-refractivity contribution >= 4 is 46.3 Å². The molecule has 2 aliphatic rings. The van der Waals surface area contributed by atoms with Gasteiger partial charge >= 0.3 is 0 Å². The predicted molar refractivity (Wildman–Crippen MR) is 133 cm³/mol. The third-order valence-corrected chi connectivity index (χ3v) is 7.51. The van der Waals surface area contributed by atoms with Gasteiger partial charge in [0.2, 0.25) is 17.8 Å². The van der Waals surface area contributed by atoms with Gasteiger partial charge in [-0.1, -0.05) is 18.5 Å². The highest BCUT2D eigenvalue weighted by Gasteiger charge is 2.38. The van der Waals surface area contributed by atoms with Crippen molar-refractivity contribution in [3.63, 3.8) is 0 Å². The van der Waals surface area contributed by atoms with Crippen LogP contribution in [-0.4, -0.2) is 50.9 Å². The van der Waals surface area contributed by atoms with Crippen molar-refractivity contribution < 1.29 is 22.7 Å². The number of alkyl halides is 1. The zero-order valence-electron chi connectivity index (χ0n) is 20.1. The number of hydrogen-bond donors (Lipinski definition) is 3. The van der Waals surface area contributed by atoms with Crippen LogP contribution in [0.3, 0.4) is 0 Å². The van der Waals surface area contributed by atoms with Crippen molar-refractivity contribution in [2.24, 2.45) is 11.1 Å². The molecule has 1 saturated heterocycles. The molecule has 2 fully saturated rings. The Balaban J connectivity index is 1.54. The van der Waals surface area contributed by atoms with E-state index in [2.05, 4.69) is 25.6 Å². The van der Waals surface area contributed by atoms with E-state index in [-0.39, 0.29) is 35.5 Å². The van der Waals surface area contributed by atoms with Crippen LogP contribution < -0.4 is 16.4 Å². The number of primary amides is 1. The summed E-state index contributed by atoms with van der Waals surface area (Å²) in [6.07, 6.45) is 2.89. The summed E-state index contributed by atoms with van der Waals surface area (Å²) in [5.74, 6) is -1.76. The molecule has 37 heavy (non-hydrogen) atoms. The topological polar surface area (TPSA) is 120 Å². The quantitative estimate of drug-likeness (QED) is 0.419. The first-order valence-electron chi connectivity index (χ1n) is 12.1. The fourth-order valence-corrected chi connectivity index (χ4v) is 5.14. The number of fused-ring (bicyclic) bond motifs is 1. The van der Waals surface area contributed by atoms with Crippen molar-refractivity contribution in [1.82, 2.24) is 19.5 Å². The highest BCUT2D eigenvalue weighted by Crippen LogP contribution is 2.43. The first-order chi connectivity index (χ1) is 17.6. The highest BCUT2D eigenvalue weighted by atomic mass is 35.5. The molecule has 1 amide bonds. The molecule has 1 aliphatic heterocycles. The number of nitrogens with one attached hydrogen (secondary N) is 2. The molecular weight excluding hydrogens is 511 g/mol. The molecule has 3 aromatic rings. The molecule has 1 saturated carbocycles. The monoisotopic (exact) mass is 537 g/mol. The van der Waals surface area contributed by atoms with E-state index in [0.29, 0.717) is 49.9 Å². The molecule has 1 aliphatic carbocycles. The number of rotatable bonds is 6. The number of carbonyl (C=O) groups is 1. The van der Waals surface area contributed by atoms with E-state index in [0.717, 1.165) is 12.1 Å². The van der Waals surface area contributed by atoms with Gasteiger partial charge in [0.25, 0.3) is 0 Å². The first kappa shape index (κ1) is 25.5. The van der Waals surface area contributed by atoms with Crippen LogP contribution in [0.2, 0.25) is 5.02 Å². The minimum atomic E-state index is -1.21. The lowest BCUT2D eigenvalue weighted by Gasteiger charge is -2.35. The first-order valence-corrected chi connectivity index (χ1v) is 12.5. The van der Waals surface area contributed by atoms with Crippen molar-refractivity contribution in [2.45, 2.75) is 57.3 Å². The Morgan fingerprint density at radius 2 is 1.92 bits per heavy atom. The van der Waals surface area contributed by atoms with Gasteiger partial charge in [-0.2, -0.15) is 4.98 Å². The summed E-state index contributed by atoms with van der Waals surface area (Å²) in [6, 6.07) is 1.30. The fraction of sp³-hybridized carbons (Fsp3) is 0.500. The third-order valence-electron chi connectivity index (χ3n) is 7.30. The van der Waals surface area contributed by atoms with Gasteiger partial charge in [-0.05, 0) is 44.2 Å². The molecule has 13 heteroatoms. The van der Waals surface area contributed by atoms with Gasteiger partial charge in [-0.25, -0.2) is 23.1 Å². The molecule has 3 heterocycles. The zero-order valence-corrected chi connectivity index (χ0v) is 20.9. The van der Waals surface area contributed by atoms with Crippen molar-refractivity contribution in [1.29, 1.82) is 0 Å². The van der Waals surface area contributed by atoms with Crippen LogP contribution in [0, 0.1) is 17.0 Å². The molecule has 5 rings (SSSR count). The number of benzene rings is 1. The molecule has 4 N–H and O–H groups in total.